The SMILES string of the molecule is Cc1cc(Oc2cccc(C(=N)N)n2)ccc1[N+](=O)[O-]. The summed E-state index contributed by atoms with van der Waals surface area (Å²) in [4.78, 5) is 14.3. The fourth-order valence-electron chi connectivity index (χ4n) is 1.64. The molecule has 0 aliphatic carbocycles. The van der Waals surface area contributed by atoms with Gasteiger partial charge in [-0.3, -0.25) is 15.5 Å². The van der Waals surface area contributed by atoms with Gasteiger partial charge in [-0.05, 0) is 25.1 Å². The van der Waals surface area contributed by atoms with E-state index in [1.165, 1.54) is 12.1 Å². The molecule has 7 nitrogen and oxygen atoms in total. The smallest absolute Gasteiger partial charge is 0.272 e. The third-order valence-corrected chi connectivity index (χ3v) is 2.59. The number of nitrogens with zero attached hydrogens (tertiary/aromatic N) is 2. The Morgan fingerprint density at radius 2 is 2.15 bits per heavy atom. The van der Waals surface area contributed by atoms with Gasteiger partial charge in [0, 0.05) is 17.7 Å². The summed E-state index contributed by atoms with van der Waals surface area (Å²) in [7, 11) is 0. The number of nitro benzene ring substituents is 1. The number of hydrogen-bond acceptors (Lipinski definition) is 5. The van der Waals surface area contributed by atoms with Crippen molar-refractivity contribution in [2.75, 3.05) is 0 Å². The Bertz CT molecular complexity index is 685. The minimum Gasteiger partial charge on any atom is -0.439 e. The van der Waals surface area contributed by atoms with Crippen LogP contribution >= 0.6 is 0 Å². The molecule has 1 aromatic carbocycles. The lowest BCUT2D eigenvalue weighted by atomic mass is 10.2. The van der Waals surface area contributed by atoms with Gasteiger partial charge in [0.05, 0.1) is 4.92 Å². The topological polar surface area (TPSA) is 115 Å². The van der Waals surface area contributed by atoms with E-state index in [9.17, 15) is 10.1 Å². The van der Waals surface area contributed by atoms with E-state index in [0.29, 0.717) is 17.0 Å². The maximum absolute atomic E-state index is 10.7. The van der Waals surface area contributed by atoms with Crippen molar-refractivity contribution in [3.8, 4) is 11.6 Å². The van der Waals surface area contributed by atoms with Gasteiger partial charge in [0.25, 0.3) is 5.69 Å². The van der Waals surface area contributed by atoms with Crippen molar-refractivity contribution in [1.82, 2.24) is 4.98 Å². The number of pyridine rings is 1. The van der Waals surface area contributed by atoms with Crippen molar-refractivity contribution in [3.63, 3.8) is 0 Å². The number of nitrogen functional groups attached to an aromatic ring is 1. The van der Waals surface area contributed by atoms with Crippen LogP contribution in [-0.4, -0.2) is 15.7 Å². The zero-order valence-corrected chi connectivity index (χ0v) is 10.7. The first kappa shape index (κ1) is 13.5. The van der Waals surface area contributed by atoms with Gasteiger partial charge in [-0.1, -0.05) is 6.07 Å². The van der Waals surface area contributed by atoms with Gasteiger partial charge in [0.2, 0.25) is 5.88 Å². The monoisotopic (exact) mass is 272 g/mol. The number of aryl methyl sites for hydroxylation is 1. The molecule has 0 atom stereocenters. The highest BCUT2D eigenvalue weighted by molar-refractivity contribution is 5.93. The van der Waals surface area contributed by atoms with Gasteiger partial charge in [-0.15, -0.1) is 0 Å². The number of nitrogens with one attached hydrogen (secondary N) is 1. The standard InChI is InChI=1S/C13H12N4O3/c1-8-7-9(5-6-11(8)17(18)19)20-12-4-2-3-10(16-12)13(14)15/h2-7H,1H3,(H3,14,15). The molecule has 0 unspecified atom stereocenters. The van der Waals surface area contributed by atoms with Gasteiger partial charge < -0.3 is 10.5 Å². The normalized spacial score (nSPS) is 10.1. The van der Waals surface area contributed by atoms with E-state index in [0.717, 1.165) is 0 Å². The van der Waals surface area contributed by atoms with E-state index >= 15 is 0 Å². The van der Waals surface area contributed by atoms with Crippen LogP contribution in [0.5, 0.6) is 11.6 Å². The number of nitro groups is 1. The Hall–Kier alpha value is -2.96. The summed E-state index contributed by atoms with van der Waals surface area (Å²) in [6, 6.07) is 9.30. The highest BCUT2D eigenvalue weighted by atomic mass is 16.6. The van der Waals surface area contributed by atoms with Crippen molar-refractivity contribution < 1.29 is 9.66 Å². The quantitative estimate of drug-likeness (QED) is 0.383. The zero-order valence-electron chi connectivity index (χ0n) is 10.7. The molecule has 1 aromatic heterocycles. The number of rotatable bonds is 4. The van der Waals surface area contributed by atoms with Gasteiger partial charge >= 0.3 is 0 Å². The van der Waals surface area contributed by atoms with E-state index in [1.807, 2.05) is 0 Å². The van der Waals surface area contributed by atoms with Crippen LogP contribution in [0.1, 0.15) is 11.3 Å². The summed E-state index contributed by atoms with van der Waals surface area (Å²) < 4.78 is 5.50. The van der Waals surface area contributed by atoms with Crippen molar-refractivity contribution in [2.45, 2.75) is 6.92 Å². The van der Waals surface area contributed by atoms with Gasteiger partial charge in [-0.2, -0.15) is 0 Å². The second-order valence-electron chi connectivity index (χ2n) is 4.08. The van der Waals surface area contributed by atoms with E-state index in [1.54, 1.807) is 31.2 Å². The molecule has 102 valence electrons. The average Bonchev–Trinajstić information content (AvgIpc) is 2.38. The van der Waals surface area contributed by atoms with E-state index in [-0.39, 0.29) is 17.4 Å². The maximum atomic E-state index is 10.7. The predicted molar refractivity (Wildman–Crippen MR) is 73.2 cm³/mol. The van der Waals surface area contributed by atoms with Gasteiger partial charge in [0.15, 0.2) is 0 Å². The predicted octanol–water partition coefficient (Wildman–Crippen LogP) is 2.37. The minimum atomic E-state index is -0.451. The summed E-state index contributed by atoms with van der Waals surface area (Å²) >= 11 is 0. The molecule has 20 heavy (non-hydrogen) atoms. The lowest BCUT2D eigenvalue weighted by molar-refractivity contribution is -0.385. The number of ether oxygens (including phenoxy) is 1. The summed E-state index contributed by atoms with van der Waals surface area (Å²) in [5.74, 6) is 0.544. The van der Waals surface area contributed by atoms with Crippen molar-refractivity contribution in [1.29, 1.82) is 5.41 Å². The molecule has 0 aliphatic rings. The van der Waals surface area contributed by atoms with Crippen LogP contribution in [0.4, 0.5) is 5.69 Å². The van der Waals surface area contributed by atoms with E-state index in [4.69, 9.17) is 15.9 Å². The van der Waals surface area contributed by atoms with Crippen LogP contribution < -0.4 is 10.5 Å². The fraction of sp³-hybridized carbons (Fsp3) is 0.0769. The first-order chi connectivity index (χ1) is 9.47. The summed E-state index contributed by atoms with van der Waals surface area (Å²) in [5, 5.41) is 18.0. The Kier molecular flexibility index (Phi) is 3.60. The Balaban J connectivity index is 2.26. The molecule has 0 radical (unpaired) electrons. The number of hydrogen-bond donors (Lipinski definition) is 2. The minimum absolute atomic E-state index is 0.0304. The first-order valence-electron chi connectivity index (χ1n) is 5.71. The van der Waals surface area contributed by atoms with Crippen LogP contribution in [0, 0.1) is 22.4 Å². The molecule has 0 amide bonds. The summed E-state index contributed by atoms with van der Waals surface area (Å²) in [6.45, 7) is 1.63. The Morgan fingerprint density at radius 1 is 1.40 bits per heavy atom. The molecule has 2 rings (SSSR count). The molecular formula is C13H12N4O3. The number of benzene rings is 1. The number of aromatic nitrogens is 1. The van der Waals surface area contributed by atoms with Crippen LogP contribution in [0.25, 0.3) is 0 Å². The van der Waals surface area contributed by atoms with E-state index in [2.05, 4.69) is 4.98 Å². The lowest BCUT2D eigenvalue weighted by Gasteiger charge is -2.07. The van der Waals surface area contributed by atoms with Crippen molar-refractivity contribution in [2.24, 2.45) is 5.73 Å². The van der Waals surface area contributed by atoms with Crippen molar-refractivity contribution >= 4 is 11.5 Å². The zero-order chi connectivity index (χ0) is 14.7. The van der Waals surface area contributed by atoms with Crippen LogP contribution in [-0.2, 0) is 0 Å². The maximum Gasteiger partial charge on any atom is 0.272 e. The molecule has 0 fully saturated rings. The molecule has 0 aliphatic heterocycles. The van der Waals surface area contributed by atoms with Crippen LogP contribution in [0.2, 0.25) is 0 Å². The number of amidine groups is 1. The van der Waals surface area contributed by atoms with Gasteiger partial charge in [-0.25, -0.2) is 4.98 Å². The molecule has 1 heterocycles. The van der Waals surface area contributed by atoms with Gasteiger partial charge in [0.1, 0.15) is 17.3 Å². The average molecular weight is 272 g/mol. The summed E-state index contributed by atoms with van der Waals surface area (Å²) in [6.07, 6.45) is 0. The third kappa shape index (κ3) is 2.89. The fourth-order valence-corrected chi connectivity index (χ4v) is 1.64. The Labute approximate surface area is 114 Å². The molecule has 3 N–H and O–H groups in total. The molecular weight excluding hydrogens is 260 g/mol. The highest BCUT2D eigenvalue weighted by Gasteiger charge is 2.11. The molecule has 0 saturated heterocycles. The molecule has 2 aromatic rings. The van der Waals surface area contributed by atoms with Crippen LogP contribution in [0.15, 0.2) is 36.4 Å². The van der Waals surface area contributed by atoms with Crippen LogP contribution in [0.3, 0.4) is 0 Å². The third-order valence-electron chi connectivity index (χ3n) is 2.59. The Morgan fingerprint density at radius 3 is 2.75 bits per heavy atom. The molecule has 7 heteroatoms. The second-order valence-corrected chi connectivity index (χ2v) is 4.08. The second kappa shape index (κ2) is 5.35. The first-order valence-corrected chi connectivity index (χ1v) is 5.71. The molecule has 0 saturated carbocycles. The molecule has 0 bridgehead atoms. The molecule has 0 spiro atoms. The highest BCUT2D eigenvalue weighted by Crippen LogP contribution is 2.26. The number of nitrogens with two attached hydrogens (primary N) is 1. The largest absolute Gasteiger partial charge is 0.439 e. The van der Waals surface area contributed by atoms with Crippen molar-refractivity contribution in [3.05, 3.63) is 57.8 Å². The summed E-state index contributed by atoms with van der Waals surface area (Å²) in [5.41, 5.74) is 6.18. The van der Waals surface area contributed by atoms with E-state index < -0.39 is 4.92 Å². The lowest BCUT2D eigenvalue weighted by Crippen LogP contribution is -2.13.